The highest BCUT2D eigenvalue weighted by Crippen LogP contribution is 2.29. The van der Waals surface area contributed by atoms with Gasteiger partial charge >= 0.3 is 0 Å². The van der Waals surface area contributed by atoms with E-state index in [1.165, 1.54) is 12.1 Å². The van der Waals surface area contributed by atoms with Crippen LogP contribution in [0.5, 0.6) is 11.5 Å². The zero-order valence-electron chi connectivity index (χ0n) is 16.0. The number of guanidine groups is 1. The van der Waals surface area contributed by atoms with Crippen molar-refractivity contribution in [2.24, 2.45) is 4.99 Å². The first-order valence-corrected chi connectivity index (χ1v) is 8.79. The summed E-state index contributed by atoms with van der Waals surface area (Å²) < 4.78 is 29.7. The van der Waals surface area contributed by atoms with E-state index in [0.29, 0.717) is 32.1 Å². The van der Waals surface area contributed by atoms with Crippen molar-refractivity contribution in [3.63, 3.8) is 0 Å². The Balaban J connectivity index is 0.00000280. The number of methoxy groups -OCH3 is 1. The molecule has 1 heterocycles. The smallest absolute Gasteiger partial charge is 0.191 e. The van der Waals surface area contributed by atoms with Crippen molar-refractivity contribution in [1.29, 1.82) is 0 Å². The number of halogens is 2. The molecular formula is C20H25FIN3O3. The number of rotatable bonds is 6. The fourth-order valence-electron chi connectivity index (χ4n) is 2.91. The number of nitrogens with zero attached hydrogens (tertiary/aromatic N) is 1. The third-order valence-electron chi connectivity index (χ3n) is 4.28. The average Bonchev–Trinajstić information content (AvgIpc) is 2.70. The summed E-state index contributed by atoms with van der Waals surface area (Å²) in [5.41, 5.74) is 2.69. The molecule has 0 radical (unpaired) electrons. The van der Waals surface area contributed by atoms with Crippen LogP contribution in [0.4, 0.5) is 4.39 Å². The van der Waals surface area contributed by atoms with Crippen molar-refractivity contribution in [3.8, 4) is 11.5 Å². The topological polar surface area (TPSA) is 64.1 Å². The third-order valence-corrected chi connectivity index (χ3v) is 4.28. The van der Waals surface area contributed by atoms with Crippen LogP contribution in [0.1, 0.15) is 16.7 Å². The molecule has 0 amide bonds. The molecule has 6 nitrogen and oxygen atoms in total. The van der Waals surface area contributed by atoms with Gasteiger partial charge < -0.3 is 24.8 Å². The van der Waals surface area contributed by atoms with Crippen molar-refractivity contribution in [3.05, 3.63) is 58.9 Å². The number of benzene rings is 2. The lowest BCUT2D eigenvalue weighted by atomic mass is 10.1. The second kappa shape index (κ2) is 11.1. The molecular weight excluding hydrogens is 476 g/mol. The summed E-state index contributed by atoms with van der Waals surface area (Å²) in [7, 11) is 3.36. The van der Waals surface area contributed by atoms with Crippen molar-refractivity contribution in [2.75, 3.05) is 27.5 Å². The Labute approximate surface area is 181 Å². The molecule has 1 aliphatic heterocycles. The van der Waals surface area contributed by atoms with Gasteiger partial charge in [-0.25, -0.2) is 4.39 Å². The minimum absolute atomic E-state index is 0. The van der Waals surface area contributed by atoms with Gasteiger partial charge in [0.05, 0.1) is 13.7 Å². The van der Waals surface area contributed by atoms with E-state index in [1.54, 1.807) is 14.2 Å². The van der Waals surface area contributed by atoms with Gasteiger partial charge in [0, 0.05) is 25.7 Å². The molecule has 8 heteroatoms. The summed E-state index contributed by atoms with van der Waals surface area (Å²) in [5, 5.41) is 6.50. The molecule has 0 saturated carbocycles. The standard InChI is InChI=1S/C20H24FN3O3.HI/c1-22-20(24-11-14-3-5-18(25-2)6-4-14)23-8-7-15-9-17(21)10-16-12-26-13-27-19(15)16;/h3-6,9-10H,7-8,11-13H2,1-2H3,(H2,22,23,24);1H. The maximum atomic E-state index is 13.8. The Morgan fingerprint density at radius 3 is 2.71 bits per heavy atom. The Morgan fingerprint density at radius 2 is 2.00 bits per heavy atom. The second-order valence-corrected chi connectivity index (χ2v) is 6.11. The normalized spacial score (nSPS) is 13.0. The van der Waals surface area contributed by atoms with Crippen LogP contribution in [-0.2, 0) is 24.3 Å². The molecule has 3 rings (SSSR count). The fraction of sp³-hybridized carbons (Fsp3) is 0.350. The van der Waals surface area contributed by atoms with E-state index in [9.17, 15) is 4.39 Å². The summed E-state index contributed by atoms with van der Waals surface area (Å²) >= 11 is 0. The highest BCUT2D eigenvalue weighted by Gasteiger charge is 2.16. The summed E-state index contributed by atoms with van der Waals surface area (Å²) in [6.45, 7) is 1.81. The third kappa shape index (κ3) is 5.96. The van der Waals surface area contributed by atoms with Crippen molar-refractivity contribution in [1.82, 2.24) is 10.6 Å². The van der Waals surface area contributed by atoms with E-state index in [0.717, 1.165) is 28.2 Å². The predicted molar refractivity (Wildman–Crippen MR) is 117 cm³/mol. The molecule has 0 spiro atoms. The SMILES string of the molecule is CN=C(NCCc1cc(F)cc2c1OCOC2)NCc1ccc(OC)cc1.I. The molecule has 0 saturated heterocycles. The zero-order valence-corrected chi connectivity index (χ0v) is 18.3. The molecule has 1 aliphatic rings. The van der Waals surface area contributed by atoms with Gasteiger partial charge in [-0.05, 0) is 41.8 Å². The van der Waals surface area contributed by atoms with Crippen LogP contribution in [0, 0.1) is 5.82 Å². The minimum atomic E-state index is -0.278. The van der Waals surface area contributed by atoms with Gasteiger partial charge in [0.1, 0.15) is 17.3 Å². The lowest BCUT2D eigenvalue weighted by molar-refractivity contribution is -0.0172. The maximum Gasteiger partial charge on any atom is 0.191 e. The largest absolute Gasteiger partial charge is 0.497 e. The molecule has 0 fully saturated rings. The van der Waals surface area contributed by atoms with Crippen molar-refractivity contribution < 1.29 is 18.6 Å². The van der Waals surface area contributed by atoms with Crippen LogP contribution in [0.15, 0.2) is 41.4 Å². The van der Waals surface area contributed by atoms with Gasteiger partial charge in [-0.1, -0.05) is 12.1 Å². The van der Waals surface area contributed by atoms with Crippen LogP contribution >= 0.6 is 24.0 Å². The number of hydrogen-bond donors (Lipinski definition) is 2. The fourth-order valence-corrected chi connectivity index (χ4v) is 2.91. The Kier molecular flexibility index (Phi) is 8.78. The quantitative estimate of drug-likeness (QED) is 0.362. The average molecular weight is 501 g/mol. The molecule has 0 aliphatic carbocycles. The highest BCUT2D eigenvalue weighted by molar-refractivity contribution is 14.0. The molecule has 2 N–H and O–H groups in total. The number of ether oxygens (including phenoxy) is 3. The van der Waals surface area contributed by atoms with Crippen LogP contribution in [-0.4, -0.2) is 33.5 Å². The van der Waals surface area contributed by atoms with E-state index < -0.39 is 0 Å². The minimum Gasteiger partial charge on any atom is -0.497 e. The maximum absolute atomic E-state index is 13.8. The lowest BCUT2D eigenvalue weighted by Crippen LogP contribution is -2.37. The molecule has 0 atom stereocenters. The first-order valence-electron chi connectivity index (χ1n) is 8.79. The van der Waals surface area contributed by atoms with Gasteiger partial charge in [-0.2, -0.15) is 0 Å². The van der Waals surface area contributed by atoms with Gasteiger partial charge in [-0.3, -0.25) is 4.99 Å². The van der Waals surface area contributed by atoms with Gasteiger partial charge in [0.15, 0.2) is 12.8 Å². The van der Waals surface area contributed by atoms with Gasteiger partial charge in [0.25, 0.3) is 0 Å². The van der Waals surface area contributed by atoms with Crippen LogP contribution in [0.3, 0.4) is 0 Å². The summed E-state index contributed by atoms with van der Waals surface area (Å²) in [4.78, 5) is 4.22. The van der Waals surface area contributed by atoms with Crippen LogP contribution in [0.2, 0.25) is 0 Å². The molecule has 2 aromatic rings. The zero-order chi connectivity index (χ0) is 19.1. The van der Waals surface area contributed by atoms with E-state index >= 15 is 0 Å². The summed E-state index contributed by atoms with van der Waals surface area (Å²) in [5.74, 6) is 1.96. The van der Waals surface area contributed by atoms with Crippen molar-refractivity contribution >= 4 is 29.9 Å². The molecule has 2 aromatic carbocycles. The first kappa shape index (κ1) is 22.2. The number of nitrogens with one attached hydrogen (secondary N) is 2. The van der Waals surface area contributed by atoms with E-state index in [-0.39, 0.29) is 36.6 Å². The number of aliphatic imine (C=N–C) groups is 1. The van der Waals surface area contributed by atoms with E-state index in [4.69, 9.17) is 14.2 Å². The first-order chi connectivity index (χ1) is 13.2. The van der Waals surface area contributed by atoms with Gasteiger partial charge in [-0.15, -0.1) is 24.0 Å². The summed E-state index contributed by atoms with van der Waals surface area (Å²) in [6, 6.07) is 10.8. The summed E-state index contributed by atoms with van der Waals surface area (Å²) in [6.07, 6.45) is 0.614. The lowest BCUT2D eigenvalue weighted by Gasteiger charge is -2.21. The monoisotopic (exact) mass is 501 g/mol. The molecule has 152 valence electrons. The predicted octanol–water partition coefficient (Wildman–Crippen LogP) is 3.23. The van der Waals surface area contributed by atoms with Crippen LogP contribution in [0.25, 0.3) is 0 Å². The highest BCUT2D eigenvalue weighted by atomic mass is 127. The number of hydrogen-bond acceptors (Lipinski definition) is 4. The Bertz CT molecular complexity index is 800. The van der Waals surface area contributed by atoms with Crippen LogP contribution < -0.4 is 20.1 Å². The van der Waals surface area contributed by atoms with Gasteiger partial charge in [0.2, 0.25) is 0 Å². The van der Waals surface area contributed by atoms with Crippen molar-refractivity contribution in [2.45, 2.75) is 19.6 Å². The van der Waals surface area contributed by atoms with E-state index in [1.807, 2.05) is 24.3 Å². The second-order valence-electron chi connectivity index (χ2n) is 6.11. The molecule has 0 bridgehead atoms. The Morgan fingerprint density at radius 1 is 1.21 bits per heavy atom. The molecule has 0 aromatic heterocycles. The molecule has 28 heavy (non-hydrogen) atoms. The number of fused-ring (bicyclic) bond motifs is 1. The molecule has 0 unspecified atom stereocenters. The Hall–Kier alpha value is -2.07. The van der Waals surface area contributed by atoms with E-state index in [2.05, 4.69) is 15.6 Å².